The topological polar surface area (TPSA) is 81.4 Å². The first kappa shape index (κ1) is 15.9. The fourth-order valence-corrected chi connectivity index (χ4v) is 2.80. The Labute approximate surface area is 115 Å². The molecule has 0 aliphatic rings. The van der Waals surface area contributed by atoms with Crippen molar-refractivity contribution in [2.24, 2.45) is 5.73 Å². The number of hydrogen-bond donors (Lipinski definition) is 2. The number of ether oxygens (including phenoxy) is 1. The largest absolute Gasteiger partial charge is 0.384 e. The third-order valence-corrected chi connectivity index (χ3v) is 4.60. The van der Waals surface area contributed by atoms with Crippen molar-refractivity contribution in [3.63, 3.8) is 0 Å². The summed E-state index contributed by atoms with van der Waals surface area (Å²) in [5.74, 6) is 0.0921. The Morgan fingerprint density at radius 1 is 1.37 bits per heavy atom. The van der Waals surface area contributed by atoms with E-state index < -0.39 is 9.84 Å². The SMILES string of the molecule is CCS(=O)(=O)c1ccccc1NCCC(N)COC. The number of methoxy groups -OCH3 is 1. The summed E-state index contributed by atoms with van der Waals surface area (Å²) in [6, 6.07) is 6.88. The lowest BCUT2D eigenvalue weighted by Crippen LogP contribution is -2.28. The second kappa shape index (κ2) is 7.47. The average Bonchev–Trinajstić information content (AvgIpc) is 2.39. The van der Waals surface area contributed by atoms with Crippen LogP contribution in [0.3, 0.4) is 0 Å². The van der Waals surface area contributed by atoms with Crippen molar-refractivity contribution in [3.05, 3.63) is 24.3 Å². The lowest BCUT2D eigenvalue weighted by Gasteiger charge is -2.14. The maximum atomic E-state index is 11.9. The molecule has 108 valence electrons. The van der Waals surface area contributed by atoms with Gasteiger partial charge in [-0.15, -0.1) is 0 Å². The minimum Gasteiger partial charge on any atom is -0.384 e. The Kier molecular flexibility index (Phi) is 6.27. The molecule has 1 unspecified atom stereocenters. The number of nitrogens with one attached hydrogen (secondary N) is 1. The van der Waals surface area contributed by atoms with E-state index in [1.807, 2.05) is 6.07 Å². The van der Waals surface area contributed by atoms with E-state index in [2.05, 4.69) is 5.32 Å². The highest BCUT2D eigenvalue weighted by atomic mass is 32.2. The van der Waals surface area contributed by atoms with Crippen LogP contribution in [0.2, 0.25) is 0 Å². The molecule has 0 bridgehead atoms. The summed E-state index contributed by atoms with van der Waals surface area (Å²) in [6.07, 6.45) is 0.717. The lowest BCUT2D eigenvalue weighted by atomic mass is 10.2. The van der Waals surface area contributed by atoms with Gasteiger partial charge in [-0.1, -0.05) is 19.1 Å². The van der Waals surface area contributed by atoms with Gasteiger partial charge in [0.05, 0.1) is 22.9 Å². The van der Waals surface area contributed by atoms with Crippen molar-refractivity contribution in [2.45, 2.75) is 24.3 Å². The van der Waals surface area contributed by atoms with Crippen LogP contribution in [0.15, 0.2) is 29.2 Å². The van der Waals surface area contributed by atoms with Crippen LogP contribution in [0, 0.1) is 0 Å². The van der Waals surface area contributed by atoms with Gasteiger partial charge in [0.25, 0.3) is 0 Å². The summed E-state index contributed by atoms with van der Waals surface area (Å²) < 4.78 is 28.8. The fraction of sp³-hybridized carbons (Fsp3) is 0.538. The zero-order chi connectivity index (χ0) is 14.3. The van der Waals surface area contributed by atoms with E-state index in [1.54, 1.807) is 32.2 Å². The molecule has 0 aliphatic carbocycles. The molecular weight excluding hydrogens is 264 g/mol. The van der Waals surface area contributed by atoms with Crippen LogP contribution in [0.5, 0.6) is 0 Å². The van der Waals surface area contributed by atoms with E-state index in [1.165, 1.54) is 0 Å². The van der Waals surface area contributed by atoms with Gasteiger partial charge in [0.1, 0.15) is 0 Å². The lowest BCUT2D eigenvalue weighted by molar-refractivity contribution is 0.178. The van der Waals surface area contributed by atoms with Gasteiger partial charge in [0.15, 0.2) is 9.84 Å². The molecule has 6 heteroatoms. The summed E-state index contributed by atoms with van der Waals surface area (Å²) in [5, 5.41) is 3.13. The van der Waals surface area contributed by atoms with E-state index in [9.17, 15) is 8.42 Å². The highest BCUT2D eigenvalue weighted by Crippen LogP contribution is 2.21. The number of anilines is 1. The summed E-state index contributed by atoms with van der Waals surface area (Å²) in [7, 11) is -1.60. The molecule has 3 N–H and O–H groups in total. The standard InChI is InChI=1S/C13H22N2O3S/c1-3-19(16,17)13-7-5-4-6-12(13)15-9-8-11(14)10-18-2/h4-7,11,15H,3,8-10,14H2,1-2H3. The van der Waals surface area contributed by atoms with Gasteiger partial charge in [-0.25, -0.2) is 8.42 Å². The smallest absolute Gasteiger partial charge is 0.180 e. The maximum absolute atomic E-state index is 11.9. The summed E-state index contributed by atoms with van der Waals surface area (Å²) >= 11 is 0. The van der Waals surface area contributed by atoms with E-state index in [4.69, 9.17) is 10.5 Å². The zero-order valence-corrected chi connectivity index (χ0v) is 12.2. The molecule has 1 aromatic rings. The molecular formula is C13H22N2O3S. The molecule has 19 heavy (non-hydrogen) atoms. The molecule has 0 saturated carbocycles. The number of benzene rings is 1. The number of rotatable bonds is 8. The van der Waals surface area contributed by atoms with Crippen molar-refractivity contribution >= 4 is 15.5 Å². The minimum atomic E-state index is -3.21. The Bertz CT molecular complexity index is 488. The molecule has 1 aromatic carbocycles. The highest BCUT2D eigenvalue weighted by Gasteiger charge is 2.15. The number of nitrogens with two attached hydrogens (primary N) is 1. The summed E-state index contributed by atoms with van der Waals surface area (Å²) in [5.41, 5.74) is 6.45. The van der Waals surface area contributed by atoms with Gasteiger partial charge in [-0.2, -0.15) is 0 Å². The Balaban J connectivity index is 2.69. The van der Waals surface area contributed by atoms with Gasteiger partial charge in [0, 0.05) is 19.7 Å². The van der Waals surface area contributed by atoms with Crippen LogP contribution in [-0.4, -0.2) is 40.5 Å². The van der Waals surface area contributed by atoms with E-state index in [-0.39, 0.29) is 11.8 Å². The van der Waals surface area contributed by atoms with Crippen molar-refractivity contribution in [1.29, 1.82) is 0 Å². The first-order valence-electron chi connectivity index (χ1n) is 6.31. The first-order chi connectivity index (χ1) is 9.01. The quantitative estimate of drug-likeness (QED) is 0.752. The number of hydrogen-bond acceptors (Lipinski definition) is 5. The maximum Gasteiger partial charge on any atom is 0.180 e. The van der Waals surface area contributed by atoms with Crippen LogP contribution in [0.1, 0.15) is 13.3 Å². The van der Waals surface area contributed by atoms with Gasteiger partial charge in [0.2, 0.25) is 0 Å². The van der Waals surface area contributed by atoms with Crippen molar-refractivity contribution in [3.8, 4) is 0 Å². The third-order valence-electron chi connectivity index (χ3n) is 2.81. The van der Waals surface area contributed by atoms with Crippen molar-refractivity contribution in [2.75, 3.05) is 31.3 Å². The molecule has 0 radical (unpaired) electrons. The average molecular weight is 286 g/mol. The van der Waals surface area contributed by atoms with Crippen molar-refractivity contribution in [1.82, 2.24) is 0 Å². The number of sulfone groups is 1. The normalized spacial score (nSPS) is 13.2. The van der Waals surface area contributed by atoms with Crippen LogP contribution in [0.25, 0.3) is 0 Å². The highest BCUT2D eigenvalue weighted by molar-refractivity contribution is 7.91. The van der Waals surface area contributed by atoms with Crippen LogP contribution < -0.4 is 11.1 Å². The van der Waals surface area contributed by atoms with Crippen molar-refractivity contribution < 1.29 is 13.2 Å². The molecule has 5 nitrogen and oxygen atoms in total. The molecule has 1 rings (SSSR count). The van der Waals surface area contributed by atoms with E-state index in [0.717, 1.165) is 0 Å². The molecule has 0 saturated heterocycles. The third kappa shape index (κ3) is 4.81. The summed E-state index contributed by atoms with van der Waals surface area (Å²) in [6.45, 7) is 2.75. The molecule has 0 heterocycles. The first-order valence-corrected chi connectivity index (χ1v) is 7.96. The predicted molar refractivity (Wildman–Crippen MR) is 77.1 cm³/mol. The minimum absolute atomic E-state index is 0.0487. The molecule has 1 atom stereocenters. The van der Waals surface area contributed by atoms with Crippen LogP contribution >= 0.6 is 0 Å². The Morgan fingerprint density at radius 2 is 2.05 bits per heavy atom. The Morgan fingerprint density at radius 3 is 2.68 bits per heavy atom. The zero-order valence-electron chi connectivity index (χ0n) is 11.4. The van der Waals surface area contributed by atoms with Gasteiger partial charge in [-0.05, 0) is 18.6 Å². The monoisotopic (exact) mass is 286 g/mol. The molecule has 0 spiro atoms. The van der Waals surface area contributed by atoms with Gasteiger partial charge in [-0.3, -0.25) is 0 Å². The van der Waals surface area contributed by atoms with E-state index in [0.29, 0.717) is 30.2 Å². The fourth-order valence-electron chi connectivity index (χ4n) is 1.73. The van der Waals surface area contributed by atoms with Gasteiger partial charge < -0.3 is 15.8 Å². The molecule has 0 aliphatic heterocycles. The Hall–Kier alpha value is -1.11. The van der Waals surface area contributed by atoms with E-state index >= 15 is 0 Å². The predicted octanol–water partition coefficient (Wildman–Crippen LogP) is 1.26. The number of para-hydroxylation sites is 1. The molecule has 0 amide bonds. The second-order valence-electron chi connectivity index (χ2n) is 4.33. The van der Waals surface area contributed by atoms with Crippen LogP contribution in [-0.2, 0) is 14.6 Å². The van der Waals surface area contributed by atoms with Gasteiger partial charge >= 0.3 is 0 Å². The summed E-state index contributed by atoms with van der Waals surface area (Å²) in [4.78, 5) is 0.345. The molecule has 0 aromatic heterocycles. The second-order valence-corrected chi connectivity index (χ2v) is 6.58. The molecule has 0 fully saturated rings. The van der Waals surface area contributed by atoms with Crippen LogP contribution in [0.4, 0.5) is 5.69 Å².